The number of methoxy groups -OCH3 is 1. The van der Waals surface area contributed by atoms with Gasteiger partial charge in [0.05, 0.1) is 12.8 Å². The highest BCUT2D eigenvalue weighted by molar-refractivity contribution is 9.10. The van der Waals surface area contributed by atoms with Crippen LogP contribution in [0.15, 0.2) is 88.0 Å². The molecule has 4 rings (SSSR count). The lowest BCUT2D eigenvalue weighted by Crippen LogP contribution is -2.32. The molecule has 0 bridgehead atoms. The smallest absolute Gasteiger partial charge is 0.282 e. The quantitative estimate of drug-likeness (QED) is 0.489. The SMILES string of the molecule is COc1cccc(/C=C2/N=C(c3ccccc3Br)N(c3ccc(C)cc3)C2=O)c1. The Bertz CT molecular complexity index is 1130. The Morgan fingerprint density at radius 1 is 1.00 bits per heavy atom. The number of rotatable bonds is 4. The maximum absolute atomic E-state index is 13.3. The molecule has 3 aromatic carbocycles. The lowest BCUT2D eigenvalue weighted by atomic mass is 10.1. The van der Waals surface area contributed by atoms with E-state index in [-0.39, 0.29) is 5.91 Å². The van der Waals surface area contributed by atoms with Crippen LogP contribution in [-0.4, -0.2) is 18.9 Å². The van der Waals surface area contributed by atoms with Gasteiger partial charge in [-0.15, -0.1) is 0 Å². The summed E-state index contributed by atoms with van der Waals surface area (Å²) in [6, 6.07) is 23.2. The van der Waals surface area contributed by atoms with Crippen LogP contribution in [0.2, 0.25) is 0 Å². The Morgan fingerprint density at radius 2 is 1.76 bits per heavy atom. The van der Waals surface area contributed by atoms with E-state index in [2.05, 4.69) is 15.9 Å². The third kappa shape index (κ3) is 3.87. The molecule has 144 valence electrons. The number of carbonyl (C=O) groups is 1. The van der Waals surface area contributed by atoms with Crippen molar-refractivity contribution in [2.75, 3.05) is 12.0 Å². The average Bonchev–Trinajstić information content (AvgIpc) is 3.05. The maximum atomic E-state index is 13.3. The molecule has 29 heavy (non-hydrogen) atoms. The highest BCUT2D eigenvalue weighted by atomic mass is 79.9. The fourth-order valence-electron chi connectivity index (χ4n) is 3.16. The Morgan fingerprint density at radius 3 is 2.48 bits per heavy atom. The molecule has 0 radical (unpaired) electrons. The van der Waals surface area contributed by atoms with Gasteiger partial charge < -0.3 is 4.74 Å². The minimum atomic E-state index is -0.164. The van der Waals surface area contributed by atoms with Crippen LogP contribution in [0, 0.1) is 6.92 Å². The zero-order valence-electron chi connectivity index (χ0n) is 16.1. The molecule has 0 fully saturated rings. The van der Waals surface area contributed by atoms with Crippen LogP contribution in [0.5, 0.6) is 5.75 Å². The molecular formula is C24H19BrN2O2. The first-order chi connectivity index (χ1) is 14.1. The summed E-state index contributed by atoms with van der Waals surface area (Å²) in [6.45, 7) is 2.02. The van der Waals surface area contributed by atoms with Crippen LogP contribution in [0.25, 0.3) is 6.08 Å². The van der Waals surface area contributed by atoms with Gasteiger partial charge in [0.1, 0.15) is 17.3 Å². The molecule has 0 aliphatic carbocycles. The van der Waals surface area contributed by atoms with Crippen molar-refractivity contribution in [3.63, 3.8) is 0 Å². The molecular weight excluding hydrogens is 428 g/mol. The highest BCUT2D eigenvalue weighted by Gasteiger charge is 2.33. The summed E-state index contributed by atoms with van der Waals surface area (Å²) < 4.78 is 6.17. The Labute approximate surface area is 178 Å². The van der Waals surface area contributed by atoms with E-state index >= 15 is 0 Å². The Hall–Kier alpha value is -3.18. The average molecular weight is 447 g/mol. The van der Waals surface area contributed by atoms with Gasteiger partial charge in [-0.3, -0.25) is 9.69 Å². The first-order valence-electron chi connectivity index (χ1n) is 9.17. The van der Waals surface area contributed by atoms with Crippen molar-refractivity contribution in [2.24, 2.45) is 4.99 Å². The number of aryl methyl sites for hydroxylation is 1. The van der Waals surface area contributed by atoms with E-state index in [0.717, 1.165) is 32.6 Å². The molecule has 0 saturated heterocycles. The molecule has 0 unspecified atom stereocenters. The van der Waals surface area contributed by atoms with Crippen molar-refractivity contribution in [1.82, 2.24) is 0 Å². The number of anilines is 1. The molecule has 4 nitrogen and oxygen atoms in total. The number of nitrogens with zero attached hydrogens (tertiary/aromatic N) is 2. The normalized spacial score (nSPS) is 15.0. The lowest BCUT2D eigenvalue weighted by molar-refractivity contribution is -0.113. The summed E-state index contributed by atoms with van der Waals surface area (Å²) >= 11 is 3.59. The second-order valence-corrected chi connectivity index (χ2v) is 7.55. The number of carbonyl (C=O) groups excluding carboxylic acids is 1. The van der Waals surface area contributed by atoms with Gasteiger partial charge in [-0.2, -0.15) is 0 Å². The Kier molecular flexibility index (Phi) is 5.32. The van der Waals surface area contributed by atoms with Gasteiger partial charge in [0.25, 0.3) is 5.91 Å². The fraction of sp³-hybridized carbons (Fsp3) is 0.0833. The van der Waals surface area contributed by atoms with Gasteiger partial charge in [0.2, 0.25) is 0 Å². The van der Waals surface area contributed by atoms with Gasteiger partial charge >= 0.3 is 0 Å². The highest BCUT2D eigenvalue weighted by Crippen LogP contribution is 2.31. The van der Waals surface area contributed by atoms with E-state index in [9.17, 15) is 4.79 Å². The summed E-state index contributed by atoms with van der Waals surface area (Å²) in [5.74, 6) is 1.16. The number of amides is 1. The minimum absolute atomic E-state index is 0.164. The zero-order chi connectivity index (χ0) is 20.4. The predicted molar refractivity (Wildman–Crippen MR) is 120 cm³/mol. The van der Waals surface area contributed by atoms with Crippen molar-refractivity contribution in [3.8, 4) is 5.75 Å². The molecule has 0 spiro atoms. The van der Waals surface area contributed by atoms with Crippen LogP contribution >= 0.6 is 15.9 Å². The third-order valence-corrected chi connectivity index (χ3v) is 5.36. The zero-order valence-corrected chi connectivity index (χ0v) is 17.7. The van der Waals surface area contributed by atoms with Crippen LogP contribution in [0.1, 0.15) is 16.7 Å². The summed E-state index contributed by atoms with van der Waals surface area (Å²) in [6.07, 6.45) is 1.79. The number of aliphatic imine (C=N–C) groups is 1. The first kappa shape index (κ1) is 19.2. The van der Waals surface area contributed by atoms with Crippen molar-refractivity contribution < 1.29 is 9.53 Å². The fourth-order valence-corrected chi connectivity index (χ4v) is 3.62. The van der Waals surface area contributed by atoms with Crippen molar-refractivity contribution in [2.45, 2.75) is 6.92 Å². The third-order valence-electron chi connectivity index (χ3n) is 4.66. The maximum Gasteiger partial charge on any atom is 0.282 e. The lowest BCUT2D eigenvalue weighted by Gasteiger charge is -2.19. The van der Waals surface area contributed by atoms with Gasteiger partial charge in [-0.25, -0.2) is 4.99 Å². The predicted octanol–water partition coefficient (Wildman–Crippen LogP) is 5.60. The summed E-state index contributed by atoms with van der Waals surface area (Å²) in [4.78, 5) is 19.7. The van der Waals surface area contributed by atoms with E-state index < -0.39 is 0 Å². The van der Waals surface area contributed by atoms with Crippen LogP contribution in [-0.2, 0) is 4.79 Å². The summed E-state index contributed by atoms with van der Waals surface area (Å²) in [5.41, 5.74) is 4.00. The molecule has 5 heteroatoms. The second kappa shape index (κ2) is 8.05. The van der Waals surface area contributed by atoms with Gasteiger partial charge in [0.15, 0.2) is 0 Å². The van der Waals surface area contributed by atoms with E-state index in [4.69, 9.17) is 9.73 Å². The first-order valence-corrected chi connectivity index (χ1v) is 9.96. The molecule has 1 heterocycles. The number of benzene rings is 3. The van der Waals surface area contributed by atoms with E-state index in [1.165, 1.54) is 0 Å². The molecule has 1 aliphatic heterocycles. The molecule has 0 atom stereocenters. The second-order valence-electron chi connectivity index (χ2n) is 6.70. The van der Waals surface area contributed by atoms with Gasteiger partial charge in [0, 0.05) is 10.0 Å². The van der Waals surface area contributed by atoms with E-state index in [1.807, 2.05) is 79.7 Å². The monoisotopic (exact) mass is 446 g/mol. The number of halogens is 1. The van der Waals surface area contributed by atoms with Gasteiger partial charge in [-0.05, 0) is 48.9 Å². The minimum Gasteiger partial charge on any atom is -0.497 e. The van der Waals surface area contributed by atoms with Crippen LogP contribution < -0.4 is 9.64 Å². The topological polar surface area (TPSA) is 41.9 Å². The van der Waals surface area contributed by atoms with Gasteiger partial charge in [-0.1, -0.05) is 64.0 Å². The van der Waals surface area contributed by atoms with Crippen molar-refractivity contribution >= 4 is 39.4 Å². The summed E-state index contributed by atoms with van der Waals surface area (Å²) in [7, 11) is 1.62. The number of hydrogen-bond acceptors (Lipinski definition) is 3. The molecule has 1 aliphatic rings. The number of ether oxygens (including phenoxy) is 1. The molecule has 0 aromatic heterocycles. The van der Waals surface area contributed by atoms with Crippen LogP contribution in [0.4, 0.5) is 5.69 Å². The van der Waals surface area contributed by atoms with E-state index in [0.29, 0.717) is 11.5 Å². The molecule has 0 saturated carbocycles. The molecule has 0 N–H and O–H groups in total. The largest absolute Gasteiger partial charge is 0.497 e. The summed E-state index contributed by atoms with van der Waals surface area (Å²) in [5, 5.41) is 0. The van der Waals surface area contributed by atoms with Crippen LogP contribution in [0.3, 0.4) is 0 Å². The van der Waals surface area contributed by atoms with Crippen molar-refractivity contribution in [3.05, 3.63) is 99.7 Å². The number of amidine groups is 1. The standard InChI is InChI=1S/C24H19BrN2O2/c1-16-10-12-18(13-11-16)27-23(20-8-3-4-9-21(20)25)26-22(24(27)28)15-17-6-5-7-19(14-17)29-2/h3-15H,1-2H3/b22-15+. The molecule has 1 amide bonds. The van der Waals surface area contributed by atoms with Crippen molar-refractivity contribution in [1.29, 1.82) is 0 Å². The molecule has 3 aromatic rings. The van der Waals surface area contributed by atoms with E-state index in [1.54, 1.807) is 18.1 Å². The Balaban J connectivity index is 1.84. The number of hydrogen-bond donors (Lipinski definition) is 0.